The SMILES string of the molecule is Cc1cc(C)c(C)c(OCC(=O)N(Cc2ccccc2)C(Cc2ccccc2)C(=O)NC(C)(C)C)c1. The summed E-state index contributed by atoms with van der Waals surface area (Å²) in [5, 5.41) is 3.08. The van der Waals surface area contributed by atoms with E-state index in [0.29, 0.717) is 18.7 Å². The maximum Gasteiger partial charge on any atom is 0.261 e. The molecule has 0 aromatic heterocycles. The minimum absolute atomic E-state index is 0.148. The van der Waals surface area contributed by atoms with Crippen LogP contribution in [0.4, 0.5) is 0 Å². The van der Waals surface area contributed by atoms with E-state index >= 15 is 0 Å². The summed E-state index contributed by atoms with van der Waals surface area (Å²) in [7, 11) is 0. The minimum Gasteiger partial charge on any atom is -0.483 e. The first-order valence-corrected chi connectivity index (χ1v) is 12.4. The number of benzene rings is 3. The van der Waals surface area contributed by atoms with E-state index in [4.69, 9.17) is 4.74 Å². The van der Waals surface area contributed by atoms with Crippen molar-refractivity contribution in [2.24, 2.45) is 0 Å². The summed E-state index contributed by atoms with van der Waals surface area (Å²) < 4.78 is 6.04. The van der Waals surface area contributed by atoms with E-state index in [0.717, 1.165) is 27.8 Å². The molecule has 5 nitrogen and oxygen atoms in total. The van der Waals surface area contributed by atoms with Gasteiger partial charge in [-0.2, -0.15) is 0 Å². The number of ether oxygens (including phenoxy) is 1. The van der Waals surface area contributed by atoms with E-state index in [9.17, 15) is 9.59 Å². The molecule has 3 aromatic carbocycles. The van der Waals surface area contributed by atoms with Gasteiger partial charge in [-0.3, -0.25) is 9.59 Å². The number of carbonyl (C=O) groups excluding carboxylic acids is 2. The molecule has 0 aliphatic rings. The van der Waals surface area contributed by atoms with Gasteiger partial charge < -0.3 is 15.0 Å². The van der Waals surface area contributed by atoms with Crippen LogP contribution in [0.5, 0.6) is 5.75 Å². The van der Waals surface area contributed by atoms with E-state index < -0.39 is 11.6 Å². The van der Waals surface area contributed by atoms with Gasteiger partial charge in [0.05, 0.1) is 0 Å². The van der Waals surface area contributed by atoms with E-state index in [1.54, 1.807) is 4.90 Å². The second-order valence-electron chi connectivity index (χ2n) is 10.4. The van der Waals surface area contributed by atoms with E-state index in [1.807, 2.05) is 108 Å². The second-order valence-corrected chi connectivity index (χ2v) is 10.4. The number of aryl methyl sites for hydroxylation is 2. The first-order valence-electron chi connectivity index (χ1n) is 12.4. The number of hydrogen-bond acceptors (Lipinski definition) is 3. The molecule has 0 saturated heterocycles. The lowest BCUT2D eigenvalue weighted by Crippen LogP contribution is -2.55. The molecule has 0 heterocycles. The molecule has 0 bridgehead atoms. The highest BCUT2D eigenvalue weighted by atomic mass is 16.5. The third kappa shape index (κ3) is 7.70. The lowest BCUT2D eigenvalue weighted by atomic mass is 10.0. The highest BCUT2D eigenvalue weighted by molar-refractivity contribution is 5.89. The minimum atomic E-state index is -0.691. The molecule has 0 aliphatic carbocycles. The molecule has 3 rings (SSSR count). The van der Waals surface area contributed by atoms with Crippen LogP contribution < -0.4 is 10.1 Å². The summed E-state index contributed by atoms with van der Waals surface area (Å²) in [6.45, 7) is 12.0. The topological polar surface area (TPSA) is 58.6 Å². The quantitative estimate of drug-likeness (QED) is 0.432. The van der Waals surface area contributed by atoms with Gasteiger partial charge in [-0.05, 0) is 75.4 Å². The van der Waals surface area contributed by atoms with Crippen molar-refractivity contribution < 1.29 is 14.3 Å². The molecule has 5 heteroatoms. The lowest BCUT2D eigenvalue weighted by Gasteiger charge is -2.33. The first-order chi connectivity index (χ1) is 17.0. The van der Waals surface area contributed by atoms with Crippen LogP contribution in [-0.4, -0.2) is 34.9 Å². The highest BCUT2D eigenvalue weighted by Crippen LogP contribution is 2.24. The van der Waals surface area contributed by atoms with Gasteiger partial charge in [-0.15, -0.1) is 0 Å². The third-order valence-electron chi connectivity index (χ3n) is 6.08. The zero-order valence-corrected chi connectivity index (χ0v) is 22.3. The molecule has 36 heavy (non-hydrogen) atoms. The zero-order valence-electron chi connectivity index (χ0n) is 22.3. The van der Waals surface area contributed by atoms with Crippen LogP contribution in [0.1, 0.15) is 48.6 Å². The van der Waals surface area contributed by atoms with Crippen LogP contribution in [0.15, 0.2) is 72.8 Å². The Balaban J connectivity index is 1.94. The average molecular weight is 487 g/mol. The molecular weight excluding hydrogens is 448 g/mol. The predicted molar refractivity (Wildman–Crippen MR) is 145 cm³/mol. The number of rotatable bonds is 9. The van der Waals surface area contributed by atoms with Crippen molar-refractivity contribution in [1.29, 1.82) is 0 Å². The van der Waals surface area contributed by atoms with Crippen LogP contribution in [0.3, 0.4) is 0 Å². The largest absolute Gasteiger partial charge is 0.483 e. The van der Waals surface area contributed by atoms with Gasteiger partial charge in [-0.1, -0.05) is 66.7 Å². The van der Waals surface area contributed by atoms with Crippen molar-refractivity contribution >= 4 is 11.8 Å². The molecule has 0 aliphatic heterocycles. The Bertz CT molecular complexity index is 1170. The average Bonchev–Trinajstić information content (AvgIpc) is 2.82. The van der Waals surface area contributed by atoms with Crippen molar-refractivity contribution in [3.63, 3.8) is 0 Å². The summed E-state index contributed by atoms with van der Waals surface area (Å²) in [4.78, 5) is 29.0. The molecular formula is C31H38N2O3. The predicted octanol–water partition coefficient (Wildman–Crippen LogP) is 5.55. The zero-order chi connectivity index (χ0) is 26.3. The molecule has 190 valence electrons. The fourth-order valence-electron chi connectivity index (χ4n) is 4.16. The van der Waals surface area contributed by atoms with Crippen molar-refractivity contribution in [1.82, 2.24) is 10.2 Å². The van der Waals surface area contributed by atoms with Crippen LogP contribution in [-0.2, 0) is 22.6 Å². The normalized spacial score (nSPS) is 12.1. The van der Waals surface area contributed by atoms with Crippen molar-refractivity contribution in [2.75, 3.05) is 6.61 Å². The van der Waals surface area contributed by atoms with Crippen molar-refractivity contribution in [3.8, 4) is 5.75 Å². The van der Waals surface area contributed by atoms with E-state index in [1.165, 1.54) is 0 Å². The summed E-state index contributed by atoms with van der Waals surface area (Å²) in [6, 6.07) is 22.9. The third-order valence-corrected chi connectivity index (χ3v) is 6.08. The maximum absolute atomic E-state index is 13.7. The molecule has 0 saturated carbocycles. The van der Waals surface area contributed by atoms with Crippen molar-refractivity contribution in [3.05, 3.63) is 101 Å². The van der Waals surface area contributed by atoms with Gasteiger partial charge in [0.1, 0.15) is 11.8 Å². The molecule has 0 radical (unpaired) electrons. The molecule has 0 spiro atoms. The first kappa shape index (κ1) is 27.0. The summed E-state index contributed by atoms with van der Waals surface area (Å²) in [5.41, 5.74) is 4.71. The molecule has 1 unspecified atom stereocenters. The van der Waals surface area contributed by atoms with Crippen LogP contribution >= 0.6 is 0 Å². The standard InChI is InChI=1S/C31H38N2O3/c1-22-17-23(2)24(3)28(18-22)36-21-29(34)33(20-26-15-11-8-12-16-26)27(30(35)32-31(4,5)6)19-25-13-9-7-10-14-25/h7-18,27H,19-21H2,1-6H3,(H,32,35). The number of nitrogens with one attached hydrogen (secondary N) is 1. The van der Waals surface area contributed by atoms with Crippen LogP contribution in [0, 0.1) is 20.8 Å². The lowest BCUT2D eigenvalue weighted by molar-refractivity contribution is -0.143. The Hall–Kier alpha value is -3.60. The maximum atomic E-state index is 13.7. The molecule has 0 fully saturated rings. The Labute approximate surface area is 215 Å². The number of carbonyl (C=O) groups is 2. The Kier molecular flexibility index (Phi) is 8.92. The van der Waals surface area contributed by atoms with Crippen LogP contribution in [0.2, 0.25) is 0 Å². The number of amides is 2. The van der Waals surface area contributed by atoms with Gasteiger partial charge in [-0.25, -0.2) is 0 Å². The van der Waals surface area contributed by atoms with Crippen LogP contribution in [0.25, 0.3) is 0 Å². The molecule has 3 aromatic rings. The van der Waals surface area contributed by atoms with Gasteiger partial charge in [0, 0.05) is 18.5 Å². The van der Waals surface area contributed by atoms with E-state index in [2.05, 4.69) is 11.4 Å². The Morgan fingerprint density at radius 3 is 2.06 bits per heavy atom. The van der Waals surface area contributed by atoms with Gasteiger partial charge in [0.2, 0.25) is 5.91 Å². The summed E-state index contributed by atoms with van der Waals surface area (Å²) in [5.74, 6) is 0.278. The Morgan fingerprint density at radius 1 is 0.889 bits per heavy atom. The fraction of sp³-hybridized carbons (Fsp3) is 0.355. The monoisotopic (exact) mass is 486 g/mol. The molecule has 1 N–H and O–H groups in total. The summed E-state index contributed by atoms with van der Waals surface area (Å²) in [6.07, 6.45) is 0.407. The number of hydrogen-bond donors (Lipinski definition) is 1. The second kappa shape index (κ2) is 11.9. The van der Waals surface area contributed by atoms with Gasteiger partial charge in [0.25, 0.3) is 5.91 Å². The van der Waals surface area contributed by atoms with Gasteiger partial charge >= 0.3 is 0 Å². The van der Waals surface area contributed by atoms with Gasteiger partial charge in [0.15, 0.2) is 6.61 Å². The Morgan fingerprint density at radius 2 is 1.47 bits per heavy atom. The fourth-order valence-corrected chi connectivity index (χ4v) is 4.16. The smallest absolute Gasteiger partial charge is 0.261 e. The van der Waals surface area contributed by atoms with Crippen molar-refractivity contribution in [2.45, 2.75) is 66.1 Å². The highest BCUT2D eigenvalue weighted by Gasteiger charge is 2.32. The summed E-state index contributed by atoms with van der Waals surface area (Å²) >= 11 is 0. The molecule has 2 amide bonds. The number of nitrogens with zero attached hydrogens (tertiary/aromatic N) is 1. The molecule has 1 atom stereocenters. The van der Waals surface area contributed by atoms with E-state index in [-0.39, 0.29) is 18.4 Å².